The fraction of sp³-hybridized carbons (Fsp3) is 1.00. The van der Waals surface area contributed by atoms with Gasteiger partial charge in [-0.3, -0.25) is 0 Å². The molecule has 0 saturated carbocycles. The molecule has 0 radical (unpaired) electrons. The number of hydrogen-bond acceptors (Lipinski definition) is 2. The van der Waals surface area contributed by atoms with E-state index in [2.05, 4.69) is 7.85 Å². The van der Waals surface area contributed by atoms with E-state index >= 15 is 0 Å². The maximum Gasteiger partial charge on any atom is 0.157 e. The average Bonchev–Trinajstić information content (AvgIpc) is 2.19. The minimum Gasteiger partial charge on any atom is -0.350 e. The van der Waals surface area contributed by atoms with Crippen LogP contribution in [0.15, 0.2) is 0 Å². The van der Waals surface area contributed by atoms with Crippen molar-refractivity contribution in [2.45, 2.75) is 19.0 Å². The summed E-state index contributed by atoms with van der Waals surface area (Å²) in [5.74, 6) is 0. The van der Waals surface area contributed by atoms with Gasteiger partial charge < -0.3 is 9.47 Å². The first-order valence-corrected chi connectivity index (χ1v) is 3.16. The molecular weight excluding hydrogens is 103 g/mol. The van der Waals surface area contributed by atoms with Gasteiger partial charge in [0.15, 0.2) is 6.29 Å². The van der Waals surface area contributed by atoms with Gasteiger partial charge in [0.05, 0.1) is 13.2 Å². The van der Waals surface area contributed by atoms with Crippen LogP contribution in [0, 0.1) is 0 Å². The maximum absolute atomic E-state index is 5.17. The molecule has 3 heteroatoms. The van der Waals surface area contributed by atoms with Crippen LogP contribution in [-0.2, 0) is 9.47 Å². The van der Waals surface area contributed by atoms with Crippen molar-refractivity contribution in [2.24, 2.45) is 0 Å². The second kappa shape index (κ2) is 3.10. The highest BCUT2D eigenvalue weighted by Crippen LogP contribution is 2.08. The van der Waals surface area contributed by atoms with Gasteiger partial charge >= 0.3 is 0 Å². The summed E-state index contributed by atoms with van der Waals surface area (Å²) in [7, 11) is 2.13. The molecule has 1 rings (SSSR count). The van der Waals surface area contributed by atoms with E-state index in [1.807, 2.05) is 0 Å². The Hall–Kier alpha value is -0.0151. The standard InChI is InChI=1S/C5H11BO2/c6-2-1-5-7-3-4-8-5/h5H,1-4,6H2. The quantitative estimate of drug-likeness (QED) is 0.463. The fourth-order valence-corrected chi connectivity index (χ4v) is 0.810. The average molecular weight is 114 g/mol. The lowest BCUT2D eigenvalue weighted by molar-refractivity contribution is -0.0428. The van der Waals surface area contributed by atoms with Crippen molar-refractivity contribution < 1.29 is 9.47 Å². The number of ether oxygens (including phenoxy) is 2. The molecule has 1 aliphatic rings. The van der Waals surface area contributed by atoms with E-state index in [4.69, 9.17) is 9.47 Å². The smallest absolute Gasteiger partial charge is 0.157 e. The van der Waals surface area contributed by atoms with Gasteiger partial charge in [-0.25, -0.2) is 0 Å². The largest absolute Gasteiger partial charge is 0.350 e. The first kappa shape index (κ1) is 6.11. The lowest BCUT2D eigenvalue weighted by atomic mass is 10.0. The summed E-state index contributed by atoms with van der Waals surface area (Å²) >= 11 is 0. The van der Waals surface area contributed by atoms with Crippen LogP contribution in [0.2, 0.25) is 6.32 Å². The third-order valence-corrected chi connectivity index (χ3v) is 1.22. The first-order chi connectivity index (χ1) is 3.93. The van der Waals surface area contributed by atoms with Gasteiger partial charge in [-0.1, -0.05) is 6.32 Å². The number of rotatable bonds is 2. The lowest BCUT2D eigenvalue weighted by Gasteiger charge is -2.04. The Balaban J connectivity index is 2.06. The molecule has 1 aliphatic heterocycles. The van der Waals surface area contributed by atoms with Crippen LogP contribution in [0.1, 0.15) is 6.42 Å². The molecule has 0 atom stereocenters. The van der Waals surface area contributed by atoms with E-state index in [1.54, 1.807) is 0 Å². The normalized spacial score (nSPS) is 22.0. The van der Waals surface area contributed by atoms with Crippen molar-refractivity contribution in [2.75, 3.05) is 13.2 Å². The molecule has 8 heavy (non-hydrogen) atoms. The van der Waals surface area contributed by atoms with Crippen LogP contribution in [-0.4, -0.2) is 27.4 Å². The first-order valence-electron chi connectivity index (χ1n) is 3.16. The Morgan fingerprint density at radius 2 is 2.00 bits per heavy atom. The predicted molar refractivity (Wildman–Crippen MR) is 33.7 cm³/mol. The Bertz CT molecular complexity index is 61.4. The molecule has 2 nitrogen and oxygen atoms in total. The molecule has 0 spiro atoms. The van der Waals surface area contributed by atoms with E-state index in [-0.39, 0.29) is 6.29 Å². The van der Waals surface area contributed by atoms with Crippen molar-refractivity contribution >= 4 is 7.85 Å². The van der Waals surface area contributed by atoms with Gasteiger partial charge in [-0.15, -0.1) is 0 Å². The molecule has 0 aromatic heterocycles. The highest BCUT2D eigenvalue weighted by atomic mass is 16.7. The molecule has 1 saturated heterocycles. The van der Waals surface area contributed by atoms with Crippen molar-refractivity contribution in [3.05, 3.63) is 0 Å². The van der Waals surface area contributed by atoms with Crippen molar-refractivity contribution in [1.82, 2.24) is 0 Å². The molecule has 46 valence electrons. The lowest BCUT2D eigenvalue weighted by Crippen LogP contribution is -2.05. The Kier molecular flexibility index (Phi) is 2.37. The van der Waals surface area contributed by atoms with Crippen molar-refractivity contribution in [1.29, 1.82) is 0 Å². The van der Waals surface area contributed by atoms with E-state index in [1.165, 1.54) is 0 Å². The van der Waals surface area contributed by atoms with E-state index in [0.717, 1.165) is 26.0 Å². The Morgan fingerprint density at radius 3 is 2.50 bits per heavy atom. The zero-order chi connectivity index (χ0) is 5.82. The molecule has 1 heterocycles. The topological polar surface area (TPSA) is 18.5 Å². The van der Waals surface area contributed by atoms with Gasteiger partial charge in [0, 0.05) is 0 Å². The Labute approximate surface area is 50.6 Å². The molecule has 0 bridgehead atoms. The predicted octanol–water partition coefficient (Wildman–Crippen LogP) is -0.199. The second-order valence-corrected chi connectivity index (χ2v) is 1.96. The van der Waals surface area contributed by atoms with Crippen LogP contribution in [0.4, 0.5) is 0 Å². The minimum absolute atomic E-state index is 0.111. The number of hydrogen-bond donors (Lipinski definition) is 0. The third-order valence-electron chi connectivity index (χ3n) is 1.22. The molecule has 0 N–H and O–H groups in total. The monoisotopic (exact) mass is 114 g/mol. The molecule has 0 amide bonds. The summed E-state index contributed by atoms with van der Waals surface area (Å²) in [5.41, 5.74) is 0. The fourth-order valence-electron chi connectivity index (χ4n) is 0.810. The molecular formula is C5H11BO2. The zero-order valence-electron chi connectivity index (χ0n) is 5.22. The molecule has 0 aromatic rings. The summed E-state index contributed by atoms with van der Waals surface area (Å²) in [6, 6.07) is 0. The van der Waals surface area contributed by atoms with Crippen LogP contribution >= 0.6 is 0 Å². The van der Waals surface area contributed by atoms with Gasteiger partial charge in [0.1, 0.15) is 7.85 Å². The van der Waals surface area contributed by atoms with E-state index in [0.29, 0.717) is 0 Å². The van der Waals surface area contributed by atoms with Gasteiger partial charge in [0.25, 0.3) is 0 Å². The van der Waals surface area contributed by atoms with Gasteiger partial charge in [-0.05, 0) is 6.42 Å². The van der Waals surface area contributed by atoms with Crippen LogP contribution < -0.4 is 0 Å². The van der Waals surface area contributed by atoms with Gasteiger partial charge in [-0.2, -0.15) is 0 Å². The summed E-state index contributed by atoms with van der Waals surface area (Å²) in [6.45, 7) is 1.56. The second-order valence-electron chi connectivity index (χ2n) is 1.96. The summed E-state index contributed by atoms with van der Waals surface area (Å²) in [4.78, 5) is 0. The van der Waals surface area contributed by atoms with Crippen molar-refractivity contribution in [3.8, 4) is 0 Å². The highest BCUT2D eigenvalue weighted by molar-refractivity contribution is 6.08. The summed E-state index contributed by atoms with van der Waals surface area (Å²) in [6.07, 6.45) is 2.30. The van der Waals surface area contributed by atoms with Crippen LogP contribution in [0.3, 0.4) is 0 Å². The van der Waals surface area contributed by atoms with Crippen molar-refractivity contribution in [3.63, 3.8) is 0 Å². The summed E-state index contributed by atoms with van der Waals surface area (Å²) < 4.78 is 10.3. The van der Waals surface area contributed by atoms with Gasteiger partial charge in [0.2, 0.25) is 0 Å². The van der Waals surface area contributed by atoms with E-state index in [9.17, 15) is 0 Å². The minimum atomic E-state index is 0.111. The van der Waals surface area contributed by atoms with E-state index < -0.39 is 0 Å². The highest BCUT2D eigenvalue weighted by Gasteiger charge is 2.13. The molecule has 0 unspecified atom stereocenters. The maximum atomic E-state index is 5.17. The summed E-state index contributed by atoms with van der Waals surface area (Å²) in [5, 5.41) is 0. The van der Waals surface area contributed by atoms with Crippen LogP contribution in [0.5, 0.6) is 0 Å². The molecule has 0 aromatic carbocycles. The third kappa shape index (κ3) is 1.49. The van der Waals surface area contributed by atoms with Crippen LogP contribution in [0.25, 0.3) is 0 Å². The molecule has 0 aliphatic carbocycles. The SMILES string of the molecule is BCCC1OCCO1. The Morgan fingerprint density at radius 1 is 1.38 bits per heavy atom. The molecule has 1 fully saturated rings. The zero-order valence-corrected chi connectivity index (χ0v) is 5.22.